The maximum absolute atomic E-state index is 12.6. The topological polar surface area (TPSA) is 113 Å². The maximum Gasteiger partial charge on any atom is 0.573 e. The molecule has 2 N–H and O–H groups in total. The monoisotopic (exact) mass is 422 g/mol. The standard InChI is InChI=1S/C16H17F3N2O6S/c17-16(18,19)27-12-1-3-13(4-2-12)28(25,26)21-7-5-11(6-8-21)9-14(22)20-10-15(23)24/h1-4,9H,5-8,10H2,(H,20,22)(H,23,24). The Hall–Kier alpha value is -2.60. The fourth-order valence-electron chi connectivity index (χ4n) is 2.52. The van der Waals surface area contributed by atoms with Crippen LogP contribution in [0.25, 0.3) is 0 Å². The molecule has 0 aromatic heterocycles. The van der Waals surface area contributed by atoms with Gasteiger partial charge in [0.15, 0.2) is 0 Å². The zero-order valence-electron chi connectivity index (χ0n) is 14.4. The number of halogens is 3. The molecule has 0 saturated carbocycles. The van der Waals surface area contributed by atoms with Crippen molar-refractivity contribution in [3.05, 3.63) is 35.9 Å². The minimum atomic E-state index is -4.87. The van der Waals surface area contributed by atoms with Crippen LogP contribution in [0.3, 0.4) is 0 Å². The fourth-order valence-corrected chi connectivity index (χ4v) is 3.96. The second kappa shape index (κ2) is 8.61. The molecule has 1 heterocycles. The smallest absolute Gasteiger partial charge is 0.480 e. The van der Waals surface area contributed by atoms with Gasteiger partial charge in [-0.1, -0.05) is 5.57 Å². The minimum absolute atomic E-state index is 0.0845. The van der Waals surface area contributed by atoms with E-state index in [9.17, 15) is 31.2 Å². The summed E-state index contributed by atoms with van der Waals surface area (Å²) in [5.41, 5.74) is 0.670. The molecule has 8 nitrogen and oxygen atoms in total. The van der Waals surface area contributed by atoms with Crippen LogP contribution in [0.2, 0.25) is 0 Å². The Balaban J connectivity index is 1.99. The molecule has 1 aliphatic heterocycles. The van der Waals surface area contributed by atoms with E-state index < -0.39 is 40.6 Å². The third-order valence-corrected chi connectivity index (χ3v) is 5.72. The molecule has 28 heavy (non-hydrogen) atoms. The second-order valence-corrected chi connectivity index (χ2v) is 7.78. The Morgan fingerprint density at radius 3 is 2.25 bits per heavy atom. The number of carboxylic acid groups (broad SMARTS) is 1. The van der Waals surface area contributed by atoms with E-state index in [1.807, 2.05) is 0 Å². The number of piperidine rings is 1. The number of nitrogens with one attached hydrogen (secondary N) is 1. The highest BCUT2D eigenvalue weighted by atomic mass is 32.2. The number of sulfonamides is 1. The molecule has 0 aliphatic carbocycles. The summed E-state index contributed by atoms with van der Waals surface area (Å²) >= 11 is 0. The molecule has 0 radical (unpaired) electrons. The summed E-state index contributed by atoms with van der Waals surface area (Å²) in [6.07, 6.45) is -3.08. The third-order valence-electron chi connectivity index (χ3n) is 3.81. The van der Waals surface area contributed by atoms with Gasteiger partial charge in [-0.3, -0.25) is 9.59 Å². The summed E-state index contributed by atoms with van der Waals surface area (Å²) in [6.45, 7) is -0.348. The van der Waals surface area contributed by atoms with E-state index in [-0.39, 0.29) is 30.8 Å². The van der Waals surface area contributed by atoms with Crippen LogP contribution in [0.4, 0.5) is 13.2 Å². The maximum atomic E-state index is 12.6. The number of ether oxygens (including phenoxy) is 1. The predicted octanol–water partition coefficient (Wildman–Crippen LogP) is 1.50. The largest absolute Gasteiger partial charge is 0.573 e. The Morgan fingerprint density at radius 2 is 1.75 bits per heavy atom. The predicted molar refractivity (Wildman–Crippen MR) is 89.8 cm³/mol. The molecular weight excluding hydrogens is 405 g/mol. The van der Waals surface area contributed by atoms with E-state index in [1.165, 1.54) is 10.4 Å². The molecule has 1 saturated heterocycles. The molecule has 154 valence electrons. The Kier molecular flexibility index (Phi) is 6.67. The summed E-state index contributed by atoms with van der Waals surface area (Å²) < 4.78 is 66.6. The van der Waals surface area contributed by atoms with Crippen molar-refractivity contribution in [2.75, 3.05) is 19.6 Å². The summed E-state index contributed by atoms with van der Waals surface area (Å²) in [5.74, 6) is -2.28. The highest BCUT2D eigenvalue weighted by molar-refractivity contribution is 7.89. The van der Waals surface area contributed by atoms with E-state index in [1.54, 1.807) is 0 Å². The first-order valence-corrected chi connectivity index (χ1v) is 9.46. The number of amides is 1. The number of carbonyl (C=O) groups is 2. The van der Waals surface area contributed by atoms with Gasteiger partial charge >= 0.3 is 12.3 Å². The zero-order valence-corrected chi connectivity index (χ0v) is 15.2. The number of hydrogen-bond donors (Lipinski definition) is 2. The van der Waals surface area contributed by atoms with E-state index in [0.717, 1.165) is 24.3 Å². The first kappa shape index (κ1) is 21.7. The average Bonchev–Trinajstić information content (AvgIpc) is 2.59. The summed E-state index contributed by atoms with van der Waals surface area (Å²) in [7, 11) is -3.90. The number of carbonyl (C=O) groups excluding carboxylic acids is 1. The highest BCUT2D eigenvalue weighted by Gasteiger charge is 2.32. The first-order valence-electron chi connectivity index (χ1n) is 8.02. The van der Waals surface area contributed by atoms with Crippen molar-refractivity contribution in [1.29, 1.82) is 0 Å². The van der Waals surface area contributed by atoms with Gasteiger partial charge in [0.2, 0.25) is 15.9 Å². The van der Waals surface area contributed by atoms with E-state index in [2.05, 4.69) is 10.1 Å². The van der Waals surface area contributed by atoms with Crippen molar-refractivity contribution >= 4 is 21.9 Å². The Bertz CT molecular complexity index is 855. The Labute approximate surface area is 158 Å². The molecule has 1 fully saturated rings. The van der Waals surface area contributed by atoms with Gasteiger partial charge in [0.25, 0.3) is 0 Å². The van der Waals surface area contributed by atoms with Gasteiger partial charge in [0.1, 0.15) is 12.3 Å². The van der Waals surface area contributed by atoms with Crippen molar-refractivity contribution in [1.82, 2.24) is 9.62 Å². The van der Waals surface area contributed by atoms with Crippen LogP contribution < -0.4 is 10.1 Å². The molecular formula is C16H17F3N2O6S. The molecule has 0 unspecified atom stereocenters. The van der Waals surface area contributed by atoms with Gasteiger partial charge in [-0.15, -0.1) is 13.2 Å². The number of nitrogens with zero attached hydrogens (tertiary/aromatic N) is 1. The highest BCUT2D eigenvalue weighted by Crippen LogP contribution is 2.27. The van der Waals surface area contributed by atoms with E-state index >= 15 is 0 Å². The molecule has 1 amide bonds. The molecule has 12 heteroatoms. The number of aliphatic carboxylic acids is 1. The molecule has 0 bridgehead atoms. The molecule has 0 atom stereocenters. The normalized spacial score (nSPS) is 15.8. The SMILES string of the molecule is O=C(O)CNC(=O)C=C1CCN(S(=O)(=O)c2ccc(OC(F)(F)F)cc2)CC1. The van der Waals surface area contributed by atoms with Crippen molar-refractivity contribution in [2.24, 2.45) is 0 Å². The number of alkyl halides is 3. The third kappa shape index (κ3) is 6.23. The van der Waals surface area contributed by atoms with Crippen LogP contribution in [0.5, 0.6) is 5.75 Å². The molecule has 0 spiro atoms. The van der Waals surface area contributed by atoms with E-state index in [0.29, 0.717) is 5.57 Å². The van der Waals surface area contributed by atoms with Gasteiger partial charge in [0, 0.05) is 19.2 Å². The first-order chi connectivity index (χ1) is 13.0. The van der Waals surface area contributed by atoms with Crippen LogP contribution in [-0.2, 0) is 19.6 Å². The van der Waals surface area contributed by atoms with Crippen LogP contribution in [0.15, 0.2) is 40.8 Å². The molecule has 1 aromatic carbocycles. The average molecular weight is 422 g/mol. The lowest BCUT2D eigenvalue weighted by Crippen LogP contribution is -2.36. The lowest BCUT2D eigenvalue weighted by molar-refractivity contribution is -0.274. The number of benzene rings is 1. The lowest BCUT2D eigenvalue weighted by Gasteiger charge is -2.27. The minimum Gasteiger partial charge on any atom is -0.480 e. The van der Waals surface area contributed by atoms with Gasteiger partial charge in [-0.2, -0.15) is 4.31 Å². The van der Waals surface area contributed by atoms with Crippen molar-refractivity contribution in [3.63, 3.8) is 0 Å². The van der Waals surface area contributed by atoms with Crippen LogP contribution in [-0.4, -0.2) is 55.7 Å². The van der Waals surface area contributed by atoms with Crippen LogP contribution in [0.1, 0.15) is 12.8 Å². The lowest BCUT2D eigenvalue weighted by atomic mass is 10.1. The quantitative estimate of drug-likeness (QED) is 0.672. The van der Waals surface area contributed by atoms with Gasteiger partial charge in [0.05, 0.1) is 4.90 Å². The number of carboxylic acids is 1. The van der Waals surface area contributed by atoms with Gasteiger partial charge < -0.3 is 15.2 Å². The van der Waals surface area contributed by atoms with Crippen molar-refractivity contribution in [2.45, 2.75) is 24.1 Å². The van der Waals surface area contributed by atoms with Gasteiger partial charge in [-0.25, -0.2) is 8.42 Å². The summed E-state index contributed by atoms with van der Waals surface area (Å²) in [5, 5.41) is 10.7. The van der Waals surface area contributed by atoms with Crippen LogP contribution >= 0.6 is 0 Å². The van der Waals surface area contributed by atoms with Crippen LogP contribution in [0, 0.1) is 0 Å². The summed E-state index contributed by atoms with van der Waals surface area (Å²) in [4.78, 5) is 21.8. The van der Waals surface area contributed by atoms with Gasteiger partial charge in [-0.05, 0) is 37.1 Å². The van der Waals surface area contributed by atoms with Crippen molar-refractivity contribution in [3.8, 4) is 5.75 Å². The fraction of sp³-hybridized carbons (Fsp3) is 0.375. The molecule has 1 aromatic rings. The number of hydrogen-bond acceptors (Lipinski definition) is 5. The molecule has 2 rings (SSSR count). The zero-order chi connectivity index (χ0) is 20.9. The number of rotatable bonds is 6. The second-order valence-electron chi connectivity index (χ2n) is 5.84. The molecule has 1 aliphatic rings. The van der Waals surface area contributed by atoms with Crippen molar-refractivity contribution < 1.29 is 41.0 Å². The van der Waals surface area contributed by atoms with E-state index in [4.69, 9.17) is 5.11 Å². The summed E-state index contributed by atoms with van der Waals surface area (Å²) in [6, 6.07) is 3.90. The Morgan fingerprint density at radius 1 is 1.18 bits per heavy atom.